The Hall–Kier alpha value is -3.83. The highest BCUT2D eigenvalue weighted by molar-refractivity contribution is 5.98. The van der Waals surface area contributed by atoms with Gasteiger partial charge in [0, 0.05) is 45.4 Å². The number of morpholine rings is 1. The standard InChI is InChI=1S/C31H37N7O3/c1-39-27(10-6-15-36-17-19-40-20-18-36)37-16-5-7-24(21-37)38-31-28(30(32)33-22-34-31)29(35-38)23-11-13-26(14-12-23)41-25-8-3-2-4-9-25/h2-4,6,8-14,22,24,27H,5,7,15-21H2,1H3,(H2,32,33,34)/b10-6+. The number of nitrogens with two attached hydrogens (primary N) is 1. The van der Waals surface area contributed by atoms with Crippen molar-refractivity contribution >= 4 is 16.9 Å². The zero-order valence-electron chi connectivity index (χ0n) is 23.4. The predicted octanol–water partition coefficient (Wildman–Crippen LogP) is 4.37. The van der Waals surface area contributed by atoms with Crippen molar-refractivity contribution in [3.8, 4) is 22.8 Å². The van der Waals surface area contributed by atoms with E-state index in [2.05, 4.69) is 31.9 Å². The minimum Gasteiger partial charge on any atom is -0.457 e. The minimum absolute atomic E-state index is 0.100. The maximum absolute atomic E-state index is 6.40. The van der Waals surface area contributed by atoms with Gasteiger partial charge in [-0.15, -0.1) is 0 Å². The van der Waals surface area contributed by atoms with Gasteiger partial charge in [0.1, 0.15) is 35.6 Å². The summed E-state index contributed by atoms with van der Waals surface area (Å²) in [6.07, 6.45) is 7.83. The maximum Gasteiger partial charge on any atom is 0.164 e. The van der Waals surface area contributed by atoms with Crippen LogP contribution in [0.3, 0.4) is 0 Å². The largest absolute Gasteiger partial charge is 0.457 e. The molecule has 2 aromatic heterocycles. The third-order valence-electron chi connectivity index (χ3n) is 7.77. The van der Waals surface area contributed by atoms with E-state index >= 15 is 0 Å². The van der Waals surface area contributed by atoms with Crippen LogP contribution in [0.2, 0.25) is 0 Å². The van der Waals surface area contributed by atoms with Gasteiger partial charge < -0.3 is 19.9 Å². The number of rotatable bonds is 9. The van der Waals surface area contributed by atoms with Crippen LogP contribution in [-0.4, -0.2) is 88.8 Å². The molecule has 10 heteroatoms. The van der Waals surface area contributed by atoms with Gasteiger partial charge in [-0.05, 0) is 55.3 Å². The molecule has 2 fully saturated rings. The van der Waals surface area contributed by atoms with Crippen LogP contribution in [-0.2, 0) is 9.47 Å². The number of nitrogen functional groups attached to an aromatic ring is 1. The quantitative estimate of drug-likeness (QED) is 0.302. The molecule has 2 saturated heterocycles. The van der Waals surface area contributed by atoms with E-state index in [0.29, 0.717) is 5.82 Å². The van der Waals surface area contributed by atoms with E-state index in [9.17, 15) is 0 Å². The van der Waals surface area contributed by atoms with Crippen LogP contribution in [0.5, 0.6) is 11.5 Å². The van der Waals surface area contributed by atoms with Crippen LogP contribution in [0.15, 0.2) is 73.1 Å². The summed E-state index contributed by atoms with van der Waals surface area (Å²) in [4.78, 5) is 13.7. The molecule has 0 spiro atoms. The van der Waals surface area contributed by atoms with Crippen molar-refractivity contribution in [2.24, 2.45) is 0 Å². The van der Waals surface area contributed by atoms with Crippen LogP contribution in [0.1, 0.15) is 18.9 Å². The third-order valence-corrected chi connectivity index (χ3v) is 7.77. The zero-order chi connectivity index (χ0) is 28.0. The first-order valence-electron chi connectivity index (χ1n) is 14.3. The lowest BCUT2D eigenvalue weighted by atomic mass is 10.1. The summed E-state index contributed by atoms with van der Waals surface area (Å²) in [5.41, 5.74) is 8.86. The Morgan fingerprint density at radius 3 is 2.59 bits per heavy atom. The number of fused-ring (bicyclic) bond motifs is 1. The molecule has 2 unspecified atom stereocenters. The summed E-state index contributed by atoms with van der Waals surface area (Å²) in [6.45, 7) is 6.20. The summed E-state index contributed by atoms with van der Waals surface area (Å²) < 4.78 is 19.4. The number of likely N-dealkylation sites (tertiary alicyclic amines) is 1. The number of hydrogen-bond acceptors (Lipinski definition) is 9. The number of aromatic nitrogens is 4. The van der Waals surface area contributed by atoms with Crippen LogP contribution >= 0.6 is 0 Å². The Kier molecular flexibility index (Phi) is 8.52. The molecule has 0 bridgehead atoms. The van der Waals surface area contributed by atoms with Crippen molar-refractivity contribution in [2.45, 2.75) is 25.1 Å². The molecule has 41 heavy (non-hydrogen) atoms. The number of anilines is 1. The highest BCUT2D eigenvalue weighted by Gasteiger charge is 2.29. The van der Waals surface area contributed by atoms with Crippen LogP contribution in [0.25, 0.3) is 22.3 Å². The fraction of sp³-hybridized carbons (Fsp3) is 0.387. The fourth-order valence-corrected chi connectivity index (χ4v) is 5.63. The van der Waals surface area contributed by atoms with Crippen molar-refractivity contribution in [1.29, 1.82) is 0 Å². The van der Waals surface area contributed by atoms with Crippen molar-refractivity contribution in [1.82, 2.24) is 29.5 Å². The zero-order valence-corrected chi connectivity index (χ0v) is 23.4. The second-order valence-electron chi connectivity index (χ2n) is 10.4. The van der Waals surface area contributed by atoms with E-state index in [0.717, 1.165) is 92.6 Å². The predicted molar refractivity (Wildman–Crippen MR) is 159 cm³/mol. The number of para-hydroxylation sites is 1. The number of methoxy groups -OCH3 is 1. The molecule has 0 radical (unpaired) electrons. The van der Waals surface area contributed by atoms with Gasteiger partial charge in [-0.2, -0.15) is 5.10 Å². The van der Waals surface area contributed by atoms with Gasteiger partial charge in [-0.25, -0.2) is 14.6 Å². The van der Waals surface area contributed by atoms with Crippen molar-refractivity contribution in [2.75, 3.05) is 58.8 Å². The summed E-state index contributed by atoms with van der Waals surface area (Å²) in [7, 11) is 1.77. The second-order valence-corrected chi connectivity index (χ2v) is 10.4. The molecule has 0 saturated carbocycles. The van der Waals surface area contributed by atoms with E-state index < -0.39 is 0 Å². The average molecular weight is 556 g/mol. The molecule has 0 aliphatic carbocycles. The molecule has 4 heterocycles. The molecule has 2 aliphatic rings. The maximum atomic E-state index is 6.40. The van der Waals surface area contributed by atoms with Gasteiger partial charge >= 0.3 is 0 Å². The lowest BCUT2D eigenvalue weighted by Gasteiger charge is -2.36. The number of nitrogens with zero attached hydrogens (tertiary/aromatic N) is 6. The Morgan fingerprint density at radius 1 is 1.02 bits per heavy atom. The van der Waals surface area contributed by atoms with Crippen LogP contribution in [0.4, 0.5) is 5.82 Å². The van der Waals surface area contributed by atoms with Gasteiger partial charge in [0.15, 0.2) is 5.65 Å². The first-order valence-corrected chi connectivity index (χ1v) is 14.3. The van der Waals surface area contributed by atoms with Crippen LogP contribution < -0.4 is 10.5 Å². The molecule has 2 atom stereocenters. The molecule has 2 N–H and O–H groups in total. The number of piperidine rings is 1. The van der Waals surface area contributed by atoms with Gasteiger partial charge in [0.2, 0.25) is 0 Å². The lowest BCUT2D eigenvalue weighted by molar-refractivity contribution is -0.0196. The summed E-state index contributed by atoms with van der Waals surface area (Å²) in [5.74, 6) is 1.97. The van der Waals surface area contributed by atoms with Gasteiger partial charge in [0.05, 0.1) is 24.6 Å². The molecule has 2 aliphatic heterocycles. The van der Waals surface area contributed by atoms with E-state index in [4.69, 9.17) is 25.0 Å². The molecule has 0 amide bonds. The molecular formula is C31H37N7O3. The van der Waals surface area contributed by atoms with E-state index in [1.54, 1.807) is 7.11 Å². The Morgan fingerprint density at radius 2 is 1.80 bits per heavy atom. The molecular weight excluding hydrogens is 518 g/mol. The number of ether oxygens (including phenoxy) is 3. The average Bonchev–Trinajstić information content (AvgIpc) is 3.42. The molecule has 4 aromatic rings. The minimum atomic E-state index is -0.100. The van der Waals surface area contributed by atoms with E-state index in [-0.39, 0.29) is 12.3 Å². The Balaban J connectivity index is 1.22. The molecule has 214 valence electrons. The van der Waals surface area contributed by atoms with E-state index in [1.165, 1.54) is 6.33 Å². The van der Waals surface area contributed by atoms with Gasteiger partial charge in [-0.3, -0.25) is 9.80 Å². The normalized spacial score (nSPS) is 19.6. The third kappa shape index (κ3) is 6.25. The van der Waals surface area contributed by atoms with Crippen LogP contribution in [0, 0.1) is 0 Å². The molecule has 2 aromatic carbocycles. The van der Waals surface area contributed by atoms with Crippen molar-refractivity contribution < 1.29 is 14.2 Å². The second kappa shape index (κ2) is 12.8. The van der Waals surface area contributed by atoms with E-state index in [1.807, 2.05) is 59.3 Å². The number of hydrogen-bond donors (Lipinski definition) is 1. The van der Waals surface area contributed by atoms with Gasteiger partial charge in [-0.1, -0.05) is 24.3 Å². The fourth-order valence-electron chi connectivity index (χ4n) is 5.63. The Bertz CT molecular complexity index is 1450. The van der Waals surface area contributed by atoms with Crippen molar-refractivity contribution in [3.63, 3.8) is 0 Å². The van der Waals surface area contributed by atoms with Crippen molar-refractivity contribution in [3.05, 3.63) is 73.1 Å². The first-order chi connectivity index (χ1) is 20.2. The molecule has 10 nitrogen and oxygen atoms in total. The first kappa shape index (κ1) is 27.3. The topological polar surface area (TPSA) is 104 Å². The Labute approximate surface area is 240 Å². The number of benzene rings is 2. The SMILES string of the molecule is COC(/C=C/CN1CCOCC1)N1CCCC(n2nc(-c3ccc(Oc4ccccc4)cc3)c3c(N)ncnc32)C1. The summed E-state index contributed by atoms with van der Waals surface area (Å²) >= 11 is 0. The highest BCUT2D eigenvalue weighted by Crippen LogP contribution is 2.35. The smallest absolute Gasteiger partial charge is 0.164 e. The summed E-state index contributed by atoms with van der Waals surface area (Å²) in [6, 6.07) is 17.8. The van der Waals surface area contributed by atoms with Gasteiger partial charge in [0.25, 0.3) is 0 Å². The monoisotopic (exact) mass is 555 g/mol. The summed E-state index contributed by atoms with van der Waals surface area (Å²) in [5, 5.41) is 5.86. The molecule has 6 rings (SSSR count). The lowest BCUT2D eigenvalue weighted by Crippen LogP contribution is -2.43. The highest BCUT2D eigenvalue weighted by atomic mass is 16.5.